The van der Waals surface area contributed by atoms with E-state index in [2.05, 4.69) is 0 Å². The van der Waals surface area contributed by atoms with Gasteiger partial charge in [0.25, 0.3) is 0 Å². The molecule has 8 heteroatoms. The molecule has 1 aliphatic heterocycles. The molecule has 0 amide bonds. The molecule has 1 aromatic rings. The highest BCUT2D eigenvalue weighted by molar-refractivity contribution is 6.60. The SMILES string of the molecule is COc1cc(B(O)O)c2c(c1F)C(=O)OC(C)(C)O2. The van der Waals surface area contributed by atoms with E-state index in [9.17, 15) is 19.2 Å². The van der Waals surface area contributed by atoms with Crippen LogP contribution in [0.15, 0.2) is 6.07 Å². The van der Waals surface area contributed by atoms with Crippen molar-refractivity contribution in [2.45, 2.75) is 19.6 Å². The predicted octanol–water partition coefficient (Wildman–Crippen LogP) is -0.201. The number of hydrogen-bond acceptors (Lipinski definition) is 6. The van der Waals surface area contributed by atoms with Gasteiger partial charge < -0.3 is 24.3 Å². The summed E-state index contributed by atoms with van der Waals surface area (Å²) in [4.78, 5) is 11.8. The third-order valence-electron chi connectivity index (χ3n) is 2.60. The number of fused-ring (bicyclic) bond motifs is 1. The summed E-state index contributed by atoms with van der Waals surface area (Å²) in [5.41, 5.74) is -0.681. The monoisotopic (exact) mass is 270 g/mol. The van der Waals surface area contributed by atoms with Gasteiger partial charge in [-0.2, -0.15) is 0 Å². The second kappa shape index (κ2) is 4.39. The highest BCUT2D eigenvalue weighted by Gasteiger charge is 2.40. The highest BCUT2D eigenvalue weighted by Crippen LogP contribution is 2.35. The van der Waals surface area contributed by atoms with Crippen molar-refractivity contribution in [1.29, 1.82) is 0 Å². The summed E-state index contributed by atoms with van der Waals surface area (Å²) in [5.74, 6) is -3.81. The second-order valence-corrected chi connectivity index (χ2v) is 4.45. The number of rotatable bonds is 2. The van der Waals surface area contributed by atoms with E-state index in [1.165, 1.54) is 21.0 Å². The second-order valence-electron chi connectivity index (χ2n) is 4.45. The van der Waals surface area contributed by atoms with Crippen LogP contribution in [0, 0.1) is 5.82 Å². The van der Waals surface area contributed by atoms with Crippen LogP contribution in [-0.2, 0) is 4.74 Å². The molecular formula is C11H12BFO6. The van der Waals surface area contributed by atoms with Crippen molar-refractivity contribution in [1.82, 2.24) is 0 Å². The summed E-state index contributed by atoms with van der Waals surface area (Å²) in [6.45, 7) is 2.90. The minimum Gasteiger partial charge on any atom is -0.494 e. The first-order chi connectivity index (χ1) is 8.76. The van der Waals surface area contributed by atoms with E-state index >= 15 is 0 Å². The van der Waals surface area contributed by atoms with E-state index in [1.54, 1.807) is 0 Å². The van der Waals surface area contributed by atoms with E-state index in [-0.39, 0.29) is 17.0 Å². The summed E-state index contributed by atoms with van der Waals surface area (Å²) in [5, 5.41) is 18.6. The minimum atomic E-state index is -1.94. The molecule has 0 atom stereocenters. The van der Waals surface area contributed by atoms with Crippen molar-refractivity contribution in [3.63, 3.8) is 0 Å². The lowest BCUT2D eigenvalue weighted by molar-refractivity contribution is -0.127. The quantitative estimate of drug-likeness (QED) is 0.571. The Morgan fingerprint density at radius 1 is 1.37 bits per heavy atom. The number of methoxy groups -OCH3 is 1. The number of cyclic esters (lactones) is 1. The molecular weight excluding hydrogens is 258 g/mol. The lowest BCUT2D eigenvalue weighted by Gasteiger charge is -2.33. The fraction of sp³-hybridized carbons (Fsp3) is 0.364. The maximum atomic E-state index is 14.0. The molecule has 19 heavy (non-hydrogen) atoms. The van der Waals surface area contributed by atoms with Crippen LogP contribution in [0.2, 0.25) is 0 Å². The van der Waals surface area contributed by atoms with E-state index in [4.69, 9.17) is 14.2 Å². The van der Waals surface area contributed by atoms with Gasteiger partial charge in [0.05, 0.1) is 7.11 Å². The molecule has 0 aliphatic carbocycles. The van der Waals surface area contributed by atoms with Gasteiger partial charge in [0.15, 0.2) is 11.6 Å². The van der Waals surface area contributed by atoms with Crippen LogP contribution in [0.3, 0.4) is 0 Å². The summed E-state index contributed by atoms with van der Waals surface area (Å²) < 4.78 is 29.0. The number of halogens is 1. The van der Waals surface area contributed by atoms with Crippen LogP contribution >= 0.6 is 0 Å². The molecule has 1 aliphatic rings. The van der Waals surface area contributed by atoms with Gasteiger partial charge in [-0.3, -0.25) is 0 Å². The van der Waals surface area contributed by atoms with Gasteiger partial charge in [-0.1, -0.05) is 0 Å². The minimum absolute atomic E-state index is 0.169. The Morgan fingerprint density at radius 2 is 2.00 bits per heavy atom. The van der Waals surface area contributed by atoms with E-state index < -0.39 is 30.3 Å². The van der Waals surface area contributed by atoms with Gasteiger partial charge in [-0.05, 0) is 6.07 Å². The molecule has 0 spiro atoms. The lowest BCUT2D eigenvalue weighted by atomic mass is 9.78. The van der Waals surface area contributed by atoms with Crippen molar-refractivity contribution in [2.75, 3.05) is 7.11 Å². The number of esters is 1. The van der Waals surface area contributed by atoms with Crippen molar-refractivity contribution in [3.8, 4) is 11.5 Å². The summed E-state index contributed by atoms with van der Waals surface area (Å²) in [6, 6.07) is 1.06. The Hall–Kier alpha value is -1.80. The average molecular weight is 270 g/mol. The van der Waals surface area contributed by atoms with E-state index in [1.807, 2.05) is 0 Å². The summed E-state index contributed by atoms with van der Waals surface area (Å²) in [7, 11) is -0.748. The van der Waals surface area contributed by atoms with Crippen LogP contribution in [0.1, 0.15) is 24.2 Å². The number of carbonyl (C=O) groups is 1. The van der Waals surface area contributed by atoms with Gasteiger partial charge in [-0.15, -0.1) is 0 Å². The standard InChI is InChI=1S/C11H12BFO6/c1-11(2)18-9-5(12(15)16)4-6(17-3)8(13)7(9)10(14)19-11/h4,15-16H,1-3H3. The van der Waals surface area contributed by atoms with E-state index in [0.29, 0.717) is 0 Å². The topological polar surface area (TPSA) is 85.2 Å². The van der Waals surface area contributed by atoms with Gasteiger partial charge in [-0.25, -0.2) is 9.18 Å². The fourth-order valence-electron chi connectivity index (χ4n) is 1.81. The molecule has 0 saturated heterocycles. The molecule has 6 nitrogen and oxygen atoms in total. The Balaban J connectivity index is 2.73. The van der Waals surface area contributed by atoms with Gasteiger partial charge in [0.1, 0.15) is 11.3 Å². The normalized spacial score (nSPS) is 16.2. The van der Waals surface area contributed by atoms with Crippen LogP contribution in [-0.4, -0.2) is 36.0 Å². The maximum absolute atomic E-state index is 14.0. The zero-order valence-electron chi connectivity index (χ0n) is 10.6. The Kier molecular flexibility index (Phi) is 3.15. The Morgan fingerprint density at radius 3 is 2.53 bits per heavy atom. The molecule has 0 fully saturated rings. The first-order valence-corrected chi connectivity index (χ1v) is 5.45. The number of hydrogen-bond donors (Lipinski definition) is 2. The molecule has 2 N–H and O–H groups in total. The first kappa shape index (κ1) is 13.6. The van der Waals surface area contributed by atoms with Crippen molar-refractivity contribution in [3.05, 3.63) is 17.4 Å². The zero-order valence-corrected chi connectivity index (χ0v) is 10.6. The van der Waals surface area contributed by atoms with Crippen LogP contribution in [0.25, 0.3) is 0 Å². The average Bonchev–Trinajstić information content (AvgIpc) is 2.26. The molecule has 1 aromatic carbocycles. The van der Waals surface area contributed by atoms with Crippen LogP contribution < -0.4 is 14.9 Å². The van der Waals surface area contributed by atoms with Gasteiger partial charge >= 0.3 is 13.1 Å². The van der Waals surface area contributed by atoms with E-state index in [0.717, 1.165) is 6.07 Å². The molecule has 0 aromatic heterocycles. The first-order valence-electron chi connectivity index (χ1n) is 5.45. The Labute approximate surface area is 108 Å². The van der Waals surface area contributed by atoms with Crippen LogP contribution in [0.5, 0.6) is 11.5 Å². The van der Waals surface area contributed by atoms with Crippen molar-refractivity contribution >= 4 is 18.6 Å². The number of benzene rings is 1. The molecule has 0 unspecified atom stereocenters. The van der Waals surface area contributed by atoms with Crippen molar-refractivity contribution < 1.29 is 33.4 Å². The smallest absolute Gasteiger partial charge is 0.492 e. The summed E-state index contributed by atoms with van der Waals surface area (Å²) in [6.07, 6.45) is 0. The predicted molar refractivity (Wildman–Crippen MR) is 62.9 cm³/mol. The number of ether oxygens (including phenoxy) is 3. The molecule has 0 radical (unpaired) electrons. The molecule has 2 rings (SSSR count). The largest absolute Gasteiger partial charge is 0.494 e. The fourth-order valence-corrected chi connectivity index (χ4v) is 1.81. The lowest BCUT2D eigenvalue weighted by Crippen LogP contribution is -2.44. The summed E-state index contributed by atoms with van der Waals surface area (Å²) >= 11 is 0. The van der Waals surface area contributed by atoms with Gasteiger partial charge in [0, 0.05) is 19.3 Å². The number of carbonyl (C=O) groups excluding carboxylic acids is 1. The third-order valence-corrected chi connectivity index (χ3v) is 2.60. The van der Waals surface area contributed by atoms with Crippen molar-refractivity contribution in [2.24, 2.45) is 0 Å². The molecule has 102 valence electrons. The molecule has 0 saturated carbocycles. The third kappa shape index (κ3) is 2.24. The molecule has 0 bridgehead atoms. The maximum Gasteiger partial charge on any atom is 0.492 e. The zero-order chi connectivity index (χ0) is 14.4. The highest BCUT2D eigenvalue weighted by atomic mass is 19.1. The van der Waals surface area contributed by atoms with Crippen LogP contribution in [0.4, 0.5) is 4.39 Å². The Bertz CT molecular complexity index is 542. The molecule has 1 heterocycles. The van der Waals surface area contributed by atoms with Gasteiger partial charge in [0.2, 0.25) is 5.79 Å².